The Morgan fingerprint density at radius 3 is 3.00 bits per heavy atom. The molecule has 2 rings (SSSR count). The highest BCUT2D eigenvalue weighted by Crippen LogP contribution is 2.28. The zero-order valence-corrected chi connectivity index (χ0v) is 9.60. The Morgan fingerprint density at radius 1 is 1.43 bits per heavy atom. The number of hydrogen-bond donors (Lipinski definition) is 1. The van der Waals surface area contributed by atoms with Crippen LogP contribution < -0.4 is 5.73 Å². The molecule has 0 saturated carbocycles. The van der Waals surface area contributed by atoms with Crippen molar-refractivity contribution >= 4 is 11.8 Å². The van der Waals surface area contributed by atoms with E-state index in [9.17, 15) is 0 Å². The molecule has 0 aliphatic carbocycles. The second kappa shape index (κ2) is 5.38. The Bertz CT molecular complexity index is 165. The summed E-state index contributed by atoms with van der Waals surface area (Å²) in [6.07, 6.45) is 6.70. The van der Waals surface area contributed by atoms with Crippen LogP contribution in [0.2, 0.25) is 0 Å². The molecule has 0 amide bonds. The Balaban J connectivity index is 1.63. The molecule has 2 aliphatic heterocycles. The lowest BCUT2D eigenvalue weighted by molar-refractivity contribution is 0.0992. The molecule has 3 unspecified atom stereocenters. The molecule has 0 aromatic rings. The molecule has 2 aliphatic rings. The minimum absolute atomic E-state index is 0.425. The van der Waals surface area contributed by atoms with Crippen molar-refractivity contribution in [3.8, 4) is 0 Å². The topological polar surface area (TPSA) is 35.2 Å². The molecule has 2 saturated heterocycles. The maximum Gasteiger partial charge on any atom is 0.0576 e. The van der Waals surface area contributed by atoms with Gasteiger partial charge in [-0.25, -0.2) is 0 Å². The van der Waals surface area contributed by atoms with Crippen molar-refractivity contribution in [2.45, 2.75) is 44.2 Å². The molecule has 0 bridgehead atoms. The average molecular weight is 215 g/mol. The van der Waals surface area contributed by atoms with Gasteiger partial charge in [-0.1, -0.05) is 0 Å². The van der Waals surface area contributed by atoms with Crippen LogP contribution in [0, 0.1) is 5.92 Å². The summed E-state index contributed by atoms with van der Waals surface area (Å²) in [5, 5.41) is 0. The van der Waals surface area contributed by atoms with Crippen LogP contribution in [0.15, 0.2) is 0 Å². The van der Waals surface area contributed by atoms with E-state index in [4.69, 9.17) is 10.5 Å². The van der Waals surface area contributed by atoms with Gasteiger partial charge in [0, 0.05) is 12.6 Å². The number of thioether (sulfide) groups is 1. The summed E-state index contributed by atoms with van der Waals surface area (Å²) >= 11 is 2.06. The minimum Gasteiger partial charge on any atom is -0.378 e. The normalized spacial score (nSPS) is 34.9. The fourth-order valence-electron chi connectivity index (χ4n) is 2.38. The van der Waals surface area contributed by atoms with Gasteiger partial charge >= 0.3 is 0 Å². The highest BCUT2D eigenvalue weighted by atomic mass is 32.2. The summed E-state index contributed by atoms with van der Waals surface area (Å²) in [5.41, 5.74) is 6.19. The van der Waals surface area contributed by atoms with E-state index in [2.05, 4.69) is 11.8 Å². The van der Waals surface area contributed by atoms with Crippen LogP contribution in [0.3, 0.4) is 0 Å². The second-order valence-corrected chi connectivity index (χ2v) is 5.65. The first kappa shape index (κ1) is 10.8. The summed E-state index contributed by atoms with van der Waals surface area (Å²) in [6, 6.07) is 0.425. The monoisotopic (exact) mass is 215 g/mol. The lowest BCUT2D eigenvalue weighted by Crippen LogP contribution is -2.31. The molecule has 82 valence electrons. The largest absolute Gasteiger partial charge is 0.378 e. The molecule has 2 heterocycles. The molecular formula is C11H21NOS. The quantitative estimate of drug-likeness (QED) is 0.779. The van der Waals surface area contributed by atoms with Crippen molar-refractivity contribution in [3.63, 3.8) is 0 Å². The number of ether oxygens (including phenoxy) is 1. The first-order valence-corrected chi connectivity index (χ1v) is 6.96. The highest BCUT2D eigenvalue weighted by Gasteiger charge is 2.24. The van der Waals surface area contributed by atoms with Crippen LogP contribution in [0.1, 0.15) is 32.1 Å². The first-order chi connectivity index (χ1) is 6.86. The van der Waals surface area contributed by atoms with Crippen molar-refractivity contribution in [2.75, 3.05) is 18.1 Å². The van der Waals surface area contributed by atoms with Crippen molar-refractivity contribution in [1.29, 1.82) is 0 Å². The summed E-state index contributed by atoms with van der Waals surface area (Å²) < 4.78 is 5.61. The summed E-state index contributed by atoms with van der Waals surface area (Å²) in [5.74, 6) is 3.38. The molecule has 3 atom stereocenters. The van der Waals surface area contributed by atoms with Crippen LogP contribution in [0.25, 0.3) is 0 Å². The molecule has 2 fully saturated rings. The fraction of sp³-hybridized carbons (Fsp3) is 1.00. The van der Waals surface area contributed by atoms with E-state index in [0.717, 1.165) is 18.9 Å². The summed E-state index contributed by atoms with van der Waals surface area (Å²) in [6.45, 7) is 0.971. The Morgan fingerprint density at radius 2 is 2.36 bits per heavy atom. The number of rotatable bonds is 4. The van der Waals surface area contributed by atoms with Crippen molar-refractivity contribution in [2.24, 2.45) is 11.7 Å². The van der Waals surface area contributed by atoms with Gasteiger partial charge in [0.05, 0.1) is 6.10 Å². The predicted octanol–water partition coefficient (Wildman–Crippen LogP) is 2.03. The van der Waals surface area contributed by atoms with Crippen LogP contribution in [0.4, 0.5) is 0 Å². The van der Waals surface area contributed by atoms with E-state index in [1.807, 2.05) is 0 Å². The lowest BCUT2D eigenvalue weighted by Gasteiger charge is -2.19. The predicted molar refractivity (Wildman–Crippen MR) is 61.6 cm³/mol. The Hall–Kier alpha value is 0.270. The maximum atomic E-state index is 6.19. The molecule has 0 spiro atoms. The van der Waals surface area contributed by atoms with E-state index in [0.29, 0.717) is 12.1 Å². The van der Waals surface area contributed by atoms with Crippen molar-refractivity contribution < 1.29 is 4.74 Å². The van der Waals surface area contributed by atoms with Gasteiger partial charge in [-0.2, -0.15) is 11.8 Å². The van der Waals surface area contributed by atoms with Gasteiger partial charge in [0.1, 0.15) is 0 Å². The molecule has 14 heavy (non-hydrogen) atoms. The zero-order chi connectivity index (χ0) is 9.80. The molecular weight excluding hydrogens is 194 g/mol. The highest BCUT2D eigenvalue weighted by molar-refractivity contribution is 7.99. The SMILES string of the molecule is NC(CCC1CCCO1)C1CCSC1. The van der Waals surface area contributed by atoms with Gasteiger partial charge < -0.3 is 10.5 Å². The molecule has 2 nitrogen and oxygen atoms in total. The van der Waals surface area contributed by atoms with Gasteiger partial charge in [0.15, 0.2) is 0 Å². The number of nitrogens with two attached hydrogens (primary N) is 1. The standard InChI is InChI=1S/C11H21NOS/c12-11(9-5-7-14-8-9)4-3-10-2-1-6-13-10/h9-11H,1-8,12H2. The average Bonchev–Trinajstić information content (AvgIpc) is 2.87. The molecule has 2 N–H and O–H groups in total. The molecule has 0 aromatic carbocycles. The van der Waals surface area contributed by atoms with Crippen molar-refractivity contribution in [1.82, 2.24) is 0 Å². The van der Waals surface area contributed by atoms with E-state index in [1.165, 1.54) is 37.2 Å². The minimum atomic E-state index is 0.425. The number of hydrogen-bond acceptors (Lipinski definition) is 3. The third-order valence-corrected chi connectivity index (χ3v) is 4.60. The maximum absolute atomic E-state index is 6.19. The summed E-state index contributed by atoms with van der Waals surface area (Å²) in [7, 11) is 0. The molecule has 0 aromatic heterocycles. The molecule has 3 heteroatoms. The van der Waals surface area contributed by atoms with Gasteiger partial charge in [0.2, 0.25) is 0 Å². The van der Waals surface area contributed by atoms with E-state index < -0.39 is 0 Å². The van der Waals surface area contributed by atoms with Gasteiger partial charge in [0.25, 0.3) is 0 Å². The fourth-order valence-corrected chi connectivity index (χ4v) is 3.73. The van der Waals surface area contributed by atoms with E-state index >= 15 is 0 Å². The first-order valence-electron chi connectivity index (χ1n) is 5.81. The van der Waals surface area contributed by atoms with Gasteiger partial charge in [-0.05, 0) is 49.5 Å². The van der Waals surface area contributed by atoms with Gasteiger partial charge in [-0.3, -0.25) is 0 Å². The smallest absolute Gasteiger partial charge is 0.0576 e. The third-order valence-electron chi connectivity index (χ3n) is 3.42. The van der Waals surface area contributed by atoms with Crippen molar-refractivity contribution in [3.05, 3.63) is 0 Å². The van der Waals surface area contributed by atoms with Gasteiger partial charge in [-0.15, -0.1) is 0 Å². The Kier molecular flexibility index (Phi) is 4.14. The third kappa shape index (κ3) is 2.88. The van der Waals surface area contributed by atoms with E-state index in [-0.39, 0.29) is 0 Å². The van der Waals surface area contributed by atoms with Crippen LogP contribution in [-0.4, -0.2) is 30.3 Å². The van der Waals surface area contributed by atoms with E-state index in [1.54, 1.807) is 0 Å². The lowest BCUT2D eigenvalue weighted by atomic mass is 9.94. The Labute approximate surface area is 91.0 Å². The second-order valence-electron chi connectivity index (χ2n) is 4.50. The van der Waals surface area contributed by atoms with Crippen LogP contribution >= 0.6 is 11.8 Å². The zero-order valence-electron chi connectivity index (χ0n) is 8.78. The van der Waals surface area contributed by atoms with Crippen LogP contribution in [0.5, 0.6) is 0 Å². The summed E-state index contributed by atoms with van der Waals surface area (Å²) in [4.78, 5) is 0. The molecule has 0 radical (unpaired) electrons. The van der Waals surface area contributed by atoms with Crippen LogP contribution in [-0.2, 0) is 4.74 Å².